The summed E-state index contributed by atoms with van der Waals surface area (Å²) in [5.74, 6) is 0.0787. The highest BCUT2D eigenvalue weighted by atomic mass is 16.7. The summed E-state index contributed by atoms with van der Waals surface area (Å²) in [6.45, 7) is 2.39. The number of rotatable bonds is 4. The molecule has 2 rings (SSSR count). The number of carbonyl (C=O) groups is 1. The predicted octanol–water partition coefficient (Wildman–Crippen LogP) is 2.52. The molecule has 1 saturated heterocycles. The summed E-state index contributed by atoms with van der Waals surface area (Å²) in [5.41, 5.74) is 1.07. The standard InChI is InChI=1S/C15H16O4/c1-2-17-14(16)10-13-11-18-15(19-13)9-8-12-6-4-3-5-7-12/h3-10,15H,2,11H2,1H3/b9-8+,13-10?. The molecular formula is C15H16O4. The van der Waals surface area contributed by atoms with Gasteiger partial charge in [-0.25, -0.2) is 4.79 Å². The van der Waals surface area contributed by atoms with Gasteiger partial charge in [-0.1, -0.05) is 36.4 Å². The van der Waals surface area contributed by atoms with Crippen molar-refractivity contribution >= 4 is 12.0 Å². The molecule has 4 heteroatoms. The van der Waals surface area contributed by atoms with Gasteiger partial charge in [0.05, 0.1) is 12.7 Å². The monoisotopic (exact) mass is 260 g/mol. The Morgan fingerprint density at radius 3 is 2.95 bits per heavy atom. The highest BCUT2D eigenvalue weighted by molar-refractivity contribution is 5.82. The van der Waals surface area contributed by atoms with Gasteiger partial charge in [-0.2, -0.15) is 0 Å². The normalized spacial score (nSPS) is 20.7. The number of hydrogen-bond donors (Lipinski definition) is 0. The first-order valence-electron chi connectivity index (χ1n) is 6.17. The Kier molecular flexibility index (Phi) is 4.75. The van der Waals surface area contributed by atoms with Crippen LogP contribution in [0.1, 0.15) is 12.5 Å². The Hall–Kier alpha value is -2.07. The molecule has 0 amide bonds. The van der Waals surface area contributed by atoms with Crippen LogP contribution in [0.4, 0.5) is 0 Å². The van der Waals surface area contributed by atoms with Gasteiger partial charge in [0, 0.05) is 0 Å². The fourth-order valence-electron chi connectivity index (χ4n) is 1.62. The number of ether oxygens (including phenoxy) is 3. The Morgan fingerprint density at radius 2 is 2.21 bits per heavy atom. The van der Waals surface area contributed by atoms with Gasteiger partial charge in [0.2, 0.25) is 6.29 Å². The summed E-state index contributed by atoms with van der Waals surface area (Å²) in [6.07, 6.45) is 4.58. The van der Waals surface area contributed by atoms with E-state index in [2.05, 4.69) is 0 Å². The van der Waals surface area contributed by atoms with Crippen LogP contribution in [-0.4, -0.2) is 25.5 Å². The van der Waals surface area contributed by atoms with Crippen molar-refractivity contribution in [3.8, 4) is 0 Å². The first-order valence-corrected chi connectivity index (χ1v) is 6.17. The zero-order valence-electron chi connectivity index (χ0n) is 10.7. The Labute approximate surface area is 112 Å². The van der Waals surface area contributed by atoms with Gasteiger partial charge in [0.15, 0.2) is 0 Å². The molecule has 100 valence electrons. The van der Waals surface area contributed by atoms with Crippen LogP contribution in [0.15, 0.2) is 48.2 Å². The zero-order valence-corrected chi connectivity index (χ0v) is 10.7. The summed E-state index contributed by atoms with van der Waals surface area (Å²) in [5, 5.41) is 0. The van der Waals surface area contributed by atoms with E-state index in [4.69, 9.17) is 14.2 Å². The van der Waals surface area contributed by atoms with E-state index in [9.17, 15) is 4.79 Å². The molecular weight excluding hydrogens is 244 g/mol. The zero-order chi connectivity index (χ0) is 13.5. The molecule has 1 fully saturated rings. The van der Waals surface area contributed by atoms with Crippen LogP contribution >= 0.6 is 0 Å². The smallest absolute Gasteiger partial charge is 0.334 e. The summed E-state index contributed by atoms with van der Waals surface area (Å²) >= 11 is 0. The maximum absolute atomic E-state index is 11.2. The van der Waals surface area contributed by atoms with Crippen LogP contribution in [-0.2, 0) is 19.0 Å². The quantitative estimate of drug-likeness (QED) is 0.616. The van der Waals surface area contributed by atoms with Gasteiger partial charge in [-0.05, 0) is 18.6 Å². The lowest BCUT2D eigenvalue weighted by atomic mass is 10.2. The minimum absolute atomic E-state index is 0.280. The Morgan fingerprint density at radius 1 is 1.42 bits per heavy atom. The van der Waals surface area contributed by atoms with Crippen molar-refractivity contribution in [2.75, 3.05) is 13.2 Å². The van der Waals surface area contributed by atoms with Crippen molar-refractivity contribution in [1.82, 2.24) is 0 Å². The van der Waals surface area contributed by atoms with Gasteiger partial charge < -0.3 is 14.2 Å². The molecule has 1 heterocycles. The molecule has 0 N–H and O–H groups in total. The molecule has 1 unspecified atom stereocenters. The number of carbonyl (C=O) groups excluding carboxylic acids is 1. The fourth-order valence-corrected chi connectivity index (χ4v) is 1.62. The van der Waals surface area contributed by atoms with Crippen LogP contribution in [0, 0.1) is 0 Å². The summed E-state index contributed by atoms with van der Waals surface area (Å²) in [4.78, 5) is 11.2. The third kappa shape index (κ3) is 4.26. The van der Waals surface area contributed by atoms with Gasteiger partial charge in [-0.15, -0.1) is 0 Å². The van der Waals surface area contributed by atoms with Crippen molar-refractivity contribution in [2.24, 2.45) is 0 Å². The summed E-state index contributed by atoms with van der Waals surface area (Å²) in [6, 6.07) is 9.85. The third-order valence-corrected chi connectivity index (χ3v) is 2.47. The molecule has 0 bridgehead atoms. The van der Waals surface area contributed by atoms with Crippen molar-refractivity contribution in [2.45, 2.75) is 13.2 Å². The highest BCUT2D eigenvalue weighted by Gasteiger charge is 2.19. The first-order chi connectivity index (χ1) is 9.28. The van der Waals surface area contributed by atoms with E-state index >= 15 is 0 Å². The third-order valence-electron chi connectivity index (χ3n) is 2.47. The van der Waals surface area contributed by atoms with E-state index in [1.54, 1.807) is 13.0 Å². The van der Waals surface area contributed by atoms with Crippen molar-refractivity contribution in [3.05, 3.63) is 53.8 Å². The molecule has 0 radical (unpaired) electrons. The lowest BCUT2D eigenvalue weighted by Crippen LogP contribution is -2.03. The SMILES string of the molecule is CCOC(=O)C=C1COC(/C=C/c2ccccc2)O1. The second-order valence-electron chi connectivity index (χ2n) is 3.93. The Bertz CT molecular complexity index is 476. The van der Waals surface area contributed by atoms with Gasteiger partial charge in [-0.3, -0.25) is 0 Å². The average molecular weight is 260 g/mol. The summed E-state index contributed by atoms with van der Waals surface area (Å²) < 4.78 is 15.6. The van der Waals surface area contributed by atoms with Crippen molar-refractivity contribution in [3.63, 3.8) is 0 Å². The molecule has 1 aliphatic heterocycles. The van der Waals surface area contributed by atoms with E-state index in [-0.39, 0.29) is 6.61 Å². The van der Waals surface area contributed by atoms with E-state index in [0.717, 1.165) is 5.56 Å². The minimum atomic E-state index is -0.458. The number of benzene rings is 1. The van der Waals surface area contributed by atoms with Crippen LogP contribution < -0.4 is 0 Å². The molecule has 1 aromatic carbocycles. The first kappa shape index (κ1) is 13.4. The predicted molar refractivity (Wildman–Crippen MR) is 71.0 cm³/mol. The molecule has 0 saturated carbocycles. The summed E-state index contributed by atoms with van der Waals surface area (Å²) in [7, 11) is 0. The topological polar surface area (TPSA) is 44.8 Å². The largest absolute Gasteiger partial charge is 0.463 e. The minimum Gasteiger partial charge on any atom is -0.463 e. The van der Waals surface area contributed by atoms with Gasteiger partial charge in [0.1, 0.15) is 12.4 Å². The second kappa shape index (κ2) is 6.75. The van der Waals surface area contributed by atoms with E-state index in [1.165, 1.54) is 6.08 Å². The van der Waals surface area contributed by atoms with E-state index in [0.29, 0.717) is 12.4 Å². The lowest BCUT2D eigenvalue weighted by molar-refractivity contribution is -0.137. The molecule has 1 atom stereocenters. The lowest BCUT2D eigenvalue weighted by Gasteiger charge is -2.03. The fraction of sp³-hybridized carbons (Fsp3) is 0.267. The maximum Gasteiger partial charge on any atom is 0.334 e. The average Bonchev–Trinajstić information content (AvgIpc) is 2.85. The van der Waals surface area contributed by atoms with Crippen LogP contribution in [0.2, 0.25) is 0 Å². The maximum atomic E-state index is 11.2. The van der Waals surface area contributed by atoms with E-state index < -0.39 is 12.3 Å². The van der Waals surface area contributed by atoms with E-state index in [1.807, 2.05) is 36.4 Å². The molecule has 1 aromatic rings. The van der Waals surface area contributed by atoms with Crippen LogP contribution in [0.3, 0.4) is 0 Å². The van der Waals surface area contributed by atoms with Crippen LogP contribution in [0.5, 0.6) is 0 Å². The Balaban J connectivity index is 1.89. The molecule has 19 heavy (non-hydrogen) atoms. The van der Waals surface area contributed by atoms with Gasteiger partial charge in [0.25, 0.3) is 0 Å². The molecule has 0 spiro atoms. The molecule has 0 aliphatic carbocycles. The second-order valence-corrected chi connectivity index (χ2v) is 3.93. The van der Waals surface area contributed by atoms with Gasteiger partial charge >= 0.3 is 5.97 Å². The van der Waals surface area contributed by atoms with Crippen molar-refractivity contribution in [1.29, 1.82) is 0 Å². The molecule has 1 aliphatic rings. The number of hydrogen-bond acceptors (Lipinski definition) is 4. The highest BCUT2D eigenvalue weighted by Crippen LogP contribution is 2.17. The number of esters is 1. The molecule has 0 aromatic heterocycles. The molecule has 4 nitrogen and oxygen atoms in total. The van der Waals surface area contributed by atoms with Crippen LogP contribution in [0.25, 0.3) is 6.08 Å². The van der Waals surface area contributed by atoms with Crippen molar-refractivity contribution < 1.29 is 19.0 Å².